The number of anilines is 2. The Morgan fingerprint density at radius 1 is 1.35 bits per heavy atom. The number of nitrogens with two attached hydrogens (primary N) is 2. The molecule has 0 aliphatic heterocycles. The highest BCUT2D eigenvalue weighted by Crippen LogP contribution is 2.16. The summed E-state index contributed by atoms with van der Waals surface area (Å²) < 4.78 is 0. The smallest absolute Gasteiger partial charge is 0.253 e. The predicted molar refractivity (Wildman–Crippen MR) is 65.3 cm³/mol. The van der Waals surface area contributed by atoms with Gasteiger partial charge in [-0.15, -0.1) is 0 Å². The van der Waals surface area contributed by atoms with E-state index in [0.29, 0.717) is 5.69 Å². The lowest BCUT2D eigenvalue weighted by Gasteiger charge is -2.26. The van der Waals surface area contributed by atoms with Crippen LogP contribution in [0.1, 0.15) is 17.3 Å². The fourth-order valence-corrected chi connectivity index (χ4v) is 1.26. The molecule has 7 N–H and O–H groups in total. The third-order valence-corrected chi connectivity index (χ3v) is 2.43. The van der Waals surface area contributed by atoms with Gasteiger partial charge in [0.25, 0.3) is 5.91 Å². The van der Waals surface area contributed by atoms with Crippen LogP contribution in [0.5, 0.6) is 0 Å². The van der Waals surface area contributed by atoms with Crippen LogP contribution in [0.4, 0.5) is 11.4 Å². The molecule has 0 spiro atoms. The first-order valence-corrected chi connectivity index (χ1v) is 5.11. The fraction of sp³-hybridized carbons (Fsp3) is 0.364. The van der Waals surface area contributed by atoms with E-state index in [0.717, 1.165) is 0 Å². The molecule has 0 unspecified atom stereocenters. The molecule has 0 saturated carbocycles. The summed E-state index contributed by atoms with van der Waals surface area (Å²) in [6.07, 6.45) is 0. The van der Waals surface area contributed by atoms with Gasteiger partial charge in [-0.05, 0) is 25.1 Å². The SMILES string of the molecule is CC(CO)(CO)NC(=O)c1ccc(N)cc1N. The van der Waals surface area contributed by atoms with E-state index >= 15 is 0 Å². The number of aliphatic hydroxyl groups is 2. The fourth-order valence-electron chi connectivity index (χ4n) is 1.26. The van der Waals surface area contributed by atoms with E-state index in [1.54, 1.807) is 6.07 Å². The minimum absolute atomic E-state index is 0.251. The molecule has 6 nitrogen and oxygen atoms in total. The Morgan fingerprint density at radius 2 is 1.94 bits per heavy atom. The van der Waals surface area contributed by atoms with Crippen LogP contribution < -0.4 is 16.8 Å². The first-order valence-electron chi connectivity index (χ1n) is 5.11. The Kier molecular flexibility index (Phi) is 3.93. The zero-order valence-corrected chi connectivity index (χ0v) is 9.60. The normalized spacial score (nSPS) is 11.2. The van der Waals surface area contributed by atoms with Crippen LogP contribution in [0.25, 0.3) is 0 Å². The summed E-state index contributed by atoms with van der Waals surface area (Å²) in [4.78, 5) is 11.9. The van der Waals surface area contributed by atoms with Crippen molar-refractivity contribution in [3.8, 4) is 0 Å². The molecule has 0 bridgehead atoms. The van der Waals surface area contributed by atoms with Crippen LogP contribution >= 0.6 is 0 Å². The number of rotatable bonds is 4. The number of nitrogens with one attached hydrogen (secondary N) is 1. The van der Waals surface area contributed by atoms with Crippen LogP contribution in [0.2, 0.25) is 0 Å². The third kappa shape index (κ3) is 3.08. The molecule has 6 heteroatoms. The van der Waals surface area contributed by atoms with Crippen molar-refractivity contribution in [1.82, 2.24) is 5.32 Å². The molecule has 1 aromatic carbocycles. The summed E-state index contributed by atoms with van der Waals surface area (Å²) in [5.41, 5.74) is 11.1. The monoisotopic (exact) mass is 239 g/mol. The molecule has 0 atom stereocenters. The number of hydrogen-bond acceptors (Lipinski definition) is 5. The Balaban J connectivity index is 2.90. The van der Waals surface area contributed by atoms with Gasteiger partial charge in [-0.25, -0.2) is 0 Å². The number of aliphatic hydroxyl groups excluding tert-OH is 2. The van der Waals surface area contributed by atoms with Crippen molar-refractivity contribution in [2.45, 2.75) is 12.5 Å². The van der Waals surface area contributed by atoms with E-state index in [-0.39, 0.29) is 24.5 Å². The molecule has 0 aromatic heterocycles. The number of carbonyl (C=O) groups is 1. The molecular weight excluding hydrogens is 222 g/mol. The molecule has 0 saturated heterocycles. The van der Waals surface area contributed by atoms with E-state index < -0.39 is 11.4 Å². The van der Waals surface area contributed by atoms with Crippen molar-refractivity contribution >= 4 is 17.3 Å². The number of amides is 1. The highest BCUT2D eigenvalue weighted by molar-refractivity contribution is 6.00. The van der Waals surface area contributed by atoms with Gasteiger partial charge in [0.05, 0.1) is 24.3 Å². The molecule has 94 valence electrons. The highest BCUT2D eigenvalue weighted by Gasteiger charge is 2.25. The van der Waals surface area contributed by atoms with Gasteiger partial charge in [0.15, 0.2) is 0 Å². The third-order valence-electron chi connectivity index (χ3n) is 2.43. The number of benzene rings is 1. The van der Waals surface area contributed by atoms with Crippen molar-refractivity contribution in [2.75, 3.05) is 24.7 Å². The van der Waals surface area contributed by atoms with E-state index in [4.69, 9.17) is 21.7 Å². The van der Waals surface area contributed by atoms with Crippen LogP contribution in [-0.4, -0.2) is 34.9 Å². The van der Waals surface area contributed by atoms with Crippen molar-refractivity contribution < 1.29 is 15.0 Å². The summed E-state index contributed by atoms with van der Waals surface area (Å²) in [5.74, 6) is -0.465. The maximum Gasteiger partial charge on any atom is 0.253 e. The lowest BCUT2D eigenvalue weighted by atomic mass is 10.0. The zero-order valence-electron chi connectivity index (χ0n) is 9.60. The van der Waals surface area contributed by atoms with E-state index in [1.807, 2.05) is 0 Å². The van der Waals surface area contributed by atoms with Crippen LogP contribution in [0, 0.1) is 0 Å². The summed E-state index contributed by atoms with van der Waals surface area (Å²) in [5, 5.41) is 20.6. The standard InChI is InChI=1S/C11H17N3O3/c1-11(5-15,6-16)14-10(17)8-3-2-7(12)4-9(8)13/h2-4,15-16H,5-6,12-13H2,1H3,(H,14,17). The van der Waals surface area contributed by atoms with E-state index in [9.17, 15) is 4.79 Å². The van der Waals surface area contributed by atoms with Gasteiger partial charge >= 0.3 is 0 Å². The molecule has 0 heterocycles. The average Bonchev–Trinajstić information content (AvgIpc) is 2.28. The lowest BCUT2D eigenvalue weighted by Crippen LogP contribution is -2.51. The molecule has 1 rings (SSSR count). The minimum atomic E-state index is -1.08. The molecular formula is C11H17N3O3. The molecule has 1 aromatic rings. The Hall–Kier alpha value is -1.79. The van der Waals surface area contributed by atoms with Gasteiger partial charge in [0.2, 0.25) is 0 Å². The number of hydrogen-bond donors (Lipinski definition) is 5. The Labute approximate surface area is 99.2 Å². The van der Waals surface area contributed by atoms with Crippen LogP contribution in [0.3, 0.4) is 0 Å². The van der Waals surface area contributed by atoms with Gasteiger partial charge in [0, 0.05) is 11.4 Å². The minimum Gasteiger partial charge on any atom is -0.399 e. The number of nitrogen functional groups attached to an aromatic ring is 2. The predicted octanol–water partition coefficient (Wildman–Crippen LogP) is -0.676. The van der Waals surface area contributed by atoms with Crippen LogP contribution in [0.15, 0.2) is 18.2 Å². The topological polar surface area (TPSA) is 122 Å². The molecule has 0 fully saturated rings. The maximum atomic E-state index is 11.9. The Morgan fingerprint density at radius 3 is 2.41 bits per heavy atom. The molecule has 0 aliphatic carbocycles. The van der Waals surface area contributed by atoms with Crippen molar-refractivity contribution in [2.24, 2.45) is 0 Å². The average molecular weight is 239 g/mol. The molecule has 17 heavy (non-hydrogen) atoms. The summed E-state index contributed by atoms with van der Waals surface area (Å²) in [6, 6.07) is 4.53. The number of carbonyl (C=O) groups excluding carboxylic acids is 1. The van der Waals surface area contributed by atoms with Crippen LogP contribution in [-0.2, 0) is 0 Å². The van der Waals surface area contributed by atoms with Gasteiger partial charge in [0.1, 0.15) is 0 Å². The van der Waals surface area contributed by atoms with Gasteiger partial charge in [-0.3, -0.25) is 4.79 Å². The molecule has 0 aliphatic rings. The first kappa shape index (κ1) is 13.3. The summed E-state index contributed by atoms with van der Waals surface area (Å²) >= 11 is 0. The van der Waals surface area contributed by atoms with Gasteiger partial charge in [-0.2, -0.15) is 0 Å². The first-order chi connectivity index (χ1) is 7.91. The summed E-state index contributed by atoms with van der Waals surface area (Å²) in [7, 11) is 0. The Bertz CT molecular complexity index is 416. The van der Waals surface area contributed by atoms with Gasteiger partial charge in [-0.1, -0.05) is 0 Å². The van der Waals surface area contributed by atoms with Gasteiger partial charge < -0.3 is 27.0 Å². The maximum absolute atomic E-state index is 11.9. The largest absolute Gasteiger partial charge is 0.399 e. The molecule has 1 amide bonds. The molecule has 0 radical (unpaired) electrons. The van der Waals surface area contributed by atoms with E-state index in [2.05, 4.69) is 5.32 Å². The second-order valence-electron chi connectivity index (χ2n) is 4.18. The quantitative estimate of drug-likeness (QED) is 0.446. The second kappa shape index (κ2) is 5.03. The summed E-state index contributed by atoms with van der Waals surface area (Å²) in [6.45, 7) is 0.784. The van der Waals surface area contributed by atoms with Crippen molar-refractivity contribution in [3.63, 3.8) is 0 Å². The highest BCUT2D eigenvalue weighted by atomic mass is 16.3. The zero-order chi connectivity index (χ0) is 13.1. The van der Waals surface area contributed by atoms with Crippen molar-refractivity contribution in [1.29, 1.82) is 0 Å². The second-order valence-corrected chi connectivity index (χ2v) is 4.18. The van der Waals surface area contributed by atoms with E-state index in [1.165, 1.54) is 19.1 Å². The lowest BCUT2D eigenvalue weighted by molar-refractivity contribution is 0.0724. The van der Waals surface area contributed by atoms with Crippen molar-refractivity contribution in [3.05, 3.63) is 23.8 Å².